The van der Waals surface area contributed by atoms with Crippen molar-refractivity contribution < 1.29 is 0 Å². The first-order valence-corrected chi connectivity index (χ1v) is 6.42. The van der Waals surface area contributed by atoms with Crippen LogP contribution in [0.5, 0.6) is 0 Å². The normalized spacial score (nSPS) is 10.7. The van der Waals surface area contributed by atoms with E-state index in [2.05, 4.69) is 23.7 Å². The number of anilines is 2. The standard InChI is InChI=1S/C12H15N3OS/c1-3-15(4-2)12-14-11(16)9-7-8(13)5-6-10(9)17-12/h5-7H,3-4,13H2,1-2H3. The lowest BCUT2D eigenvalue weighted by atomic mass is 10.2. The fourth-order valence-corrected chi connectivity index (χ4v) is 2.81. The minimum atomic E-state index is -0.201. The van der Waals surface area contributed by atoms with Crippen LogP contribution in [0, 0.1) is 0 Å². The third kappa shape index (κ3) is 2.24. The van der Waals surface area contributed by atoms with E-state index in [9.17, 15) is 4.79 Å². The summed E-state index contributed by atoms with van der Waals surface area (Å²) in [6, 6.07) is 5.38. The maximum absolute atomic E-state index is 11.9. The summed E-state index contributed by atoms with van der Waals surface area (Å²) in [6.07, 6.45) is 0. The van der Waals surface area contributed by atoms with Crippen molar-refractivity contribution in [3.8, 4) is 0 Å². The number of benzene rings is 1. The summed E-state index contributed by atoms with van der Waals surface area (Å²) < 4.78 is 0.932. The molecule has 0 aliphatic carbocycles. The minimum absolute atomic E-state index is 0.201. The maximum atomic E-state index is 11.9. The van der Waals surface area contributed by atoms with Gasteiger partial charge in [-0.1, -0.05) is 11.3 Å². The molecule has 2 N–H and O–H groups in total. The zero-order chi connectivity index (χ0) is 12.4. The molecular formula is C12H15N3OS. The molecule has 0 amide bonds. The summed E-state index contributed by atoms with van der Waals surface area (Å²) in [5.41, 5.74) is 6.07. The largest absolute Gasteiger partial charge is 0.399 e. The number of nitrogen functional groups attached to an aromatic ring is 1. The van der Waals surface area contributed by atoms with Gasteiger partial charge in [0.25, 0.3) is 5.56 Å². The van der Waals surface area contributed by atoms with Gasteiger partial charge in [-0.25, -0.2) is 0 Å². The predicted octanol–water partition coefficient (Wildman–Crippen LogP) is 2.08. The highest BCUT2D eigenvalue weighted by Crippen LogP contribution is 2.24. The minimum Gasteiger partial charge on any atom is -0.399 e. The fraction of sp³-hybridized carbons (Fsp3) is 0.333. The van der Waals surface area contributed by atoms with Crippen molar-refractivity contribution in [2.75, 3.05) is 23.7 Å². The van der Waals surface area contributed by atoms with Crippen LogP contribution in [-0.2, 0) is 0 Å². The molecule has 4 nitrogen and oxygen atoms in total. The molecular weight excluding hydrogens is 234 g/mol. The van der Waals surface area contributed by atoms with Crippen LogP contribution in [0.3, 0.4) is 0 Å². The lowest BCUT2D eigenvalue weighted by molar-refractivity contribution is 0.856. The Morgan fingerprint density at radius 2 is 2.06 bits per heavy atom. The van der Waals surface area contributed by atoms with Crippen molar-refractivity contribution in [2.24, 2.45) is 0 Å². The summed E-state index contributed by atoms with van der Waals surface area (Å²) in [7, 11) is 0. The highest BCUT2D eigenvalue weighted by molar-refractivity contribution is 7.21. The van der Waals surface area contributed by atoms with Crippen LogP contribution >= 0.6 is 11.3 Å². The molecule has 0 unspecified atom stereocenters. The van der Waals surface area contributed by atoms with E-state index in [0.717, 1.165) is 22.9 Å². The van der Waals surface area contributed by atoms with E-state index in [-0.39, 0.29) is 5.56 Å². The second-order valence-corrected chi connectivity index (χ2v) is 4.74. The van der Waals surface area contributed by atoms with Gasteiger partial charge in [0.2, 0.25) is 0 Å². The zero-order valence-electron chi connectivity index (χ0n) is 9.93. The second-order valence-electron chi connectivity index (χ2n) is 3.73. The number of hydrogen-bond acceptors (Lipinski definition) is 5. The molecule has 0 saturated heterocycles. The monoisotopic (exact) mass is 249 g/mol. The average Bonchev–Trinajstić information content (AvgIpc) is 2.32. The Morgan fingerprint density at radius 3 is 2.71 bits per heavy atom. The molecule has 17 heavy (non-hydrogen) atoms. The van der Waals surface area contributed by atoms with Crippen LogP contribution in [-0.4, -0.2) is 18.1 Å². The van der Waals surface area contributed by atoms with Gasteiger partial charge in [-0.3, -0.25) is 4.79 Å². The van der Waals surface area contributed by atoms with Gasteiger partial charge in [0.05, 0.1) is 5.39 Å². The number of aromatic nitrogens is 1. The molecule has 5 heteroatoms. The lowest BCUT2D eigenvalue weighted by Gasteiger charge is -2.18. The Labute approximate surface area is 104 Å². The zero-order valence-corrected chi connectivity index (χ0v) is 10.8. The van der Waals surface area contributed by atoms with Gasteiger partial charge in [0.1, 0.15) is 0 Å². The molecule has 0 radical (unpaired) electrons. The molecule has 1 heterocycles. The van der Waals surface area contributed by atoms with E-state index < -0.39 is 0 Å². The first-order valence-electron chi connectivity index (χ1n) is 5.61. The van der Waals surface area contributed by atoms with Crippen LogP contribution in [0.25, 0.3) is 10.1 Å². The predicted molar refractivity (Wildman–Crippen MR) is 73.9 cm³/mol. The second kappa shape index (κ2) is 4.71. The summed E-state index contributed by atoms with van der Waals surface area (Å²) in [6.45, 7) is 5.80. The van der Waals surface area contributed by atoms with Crippen molar-refractivity contribution in [3.63, 3.8) is 0 Å². The average molecular weight is 249 g/mol. The van der Waals surface area contributed by atoms with Crippen LogP contribution in [0.4, 0.5) is 10.8 Å². The van der Waals surface area contributed by atoms with Crippen LogP contribution in [0.1, 0.15) is 13.8 Å². The first kappa shape index (κ1) is 11.9. The van der Waals surface area contributed by atoms with Crippen molar-refractivity contribution in [1.29, 1.82) is 0 Å². The Kier molecular flexibility index (Phi) is 3.28. The number of nitrogens with two attached hydrogens (primary N) is 1. The van der Waals surface area contributed by atoms with Gasteiger partial charge in [-0.05, 0) is 32.0 Å². The Hall–Kier alpha value is -1.62. The fourth-order valence-electron chi connectivity index (χ4n) is 1.70. The molecule has 90 valence electrons. The summed E-state index contributed by atoms with van der Waals surface area (Å²) in [4.78, 5) is 18.1. The third-order valence-electron chi connectivity index (χ3n) is 2.67. The van der Waals surface area contributed by atoms with Gasteiger partial charge < -0.3 is 10.6 Å². The van der Waals surface area contributed by atoms with E-state index >= 15 is 0 Å². The maximum Gasteiger partial charge on any atom is 0.281 e. The summed E-state index contributed by atoms with van der Waals surface area (Å²) in [5, 5.41) is 1.38. The lowest BCUT2D eigenvalue weighted by Crippen LogP contribution is -2.24. The van der Waals surface area contributed by atoms with E-state index in [1.54, 1.807) is 6.07 Å². The molecule has 1 aromatic heterocycles. The number of nitrogens with zero attached hydrogens (tertiary/aromatic N) is 2. The third-order valence-corrected chi connectivity index (χ3v) is 3.77. The number of hydrogen-bond donors (Lipinski definition) is 1. The van der Waals surface area contributed by atoms with Crippen LogP contribution in [0.2, 0.25) is 0 Å². The molecule has 1 aromatic carbocycles. The Balaban J connectivity index is 2.63. The van der Waals surface area contributed by atoms with Crippen LogP contribution in [0.15, 0.2) is 23.0 Å². The van der Waals surface area contributed by atoms with E-state index in [0.29, 0.717) is 11.1 Å². The topological polar surface area (TPSA) is 59.2 Å². The molecule has 2 aromatic rings. The molecule has 0 saturated carbocycles. The molecule has 0 aliphatic rings. The highest BCUT2D eigenvalue weighted by Gasteiger charge is 2.09. The SMILES string of the molecule is CCN(CC)c1nc(=O)c2cc(N)ccc2s1. The van der Waals surface area contributed by atoms with Gasteiger partial charge in [0, 0.05) is 23.5 Å². The van der Waals surface area contributed by atoms with Gasteiger partial charge >= 0.3 is 0 Å². The highest BCUT2D eigenvalue weighted by atomic mass is 32.1. The number of rotatable bonds is 3. The summed E-state index contributed by atoms with van der Waals surface area (Å²) in [5.74, 6) is 0. The van der Waals surface area contributed by atoms with E-state index in [1.807, 2.05) is 12.1 Å². The molecule has 0 spiro atoms. The van der Waals surface area contributed by atoms with E-state index in [4.69, 9.17) is 5.73 Å². The first-order chi connectivity index (χ1) is 8.15. The number of fused-ring (bicyclic) bond motifs is 1. The van der Waals surface area contributed by atoms with Crippen molar-refractivity contribution in [2.45, 2.75) is 13.8 Å². The molecule has 0 fully saturated rings. The molecule has 0 bridgehead atoms. The van der Waals surface area contributed by atoms with E-state index in [1.165, 1.54) is 11.3 Å². The Bertz CT molecular complexity index is 590. The van der Waals surface area contributed by atoms with Crippen LogP contribution < -0.4 is 16.2 Å². The molecule has 2 rings (SSSR count). The summed E-state index contributed by atoms with van der Waals surface area (Å²) >= 11 is 1.53. The van der Waals surface area contributed by atoms with Gasteiger partial charge in [-0.15, -0.1) is 0 Å². The van der Waals surface area contributed by atoms with Crippen molar-refractivity contribution in [3.05, 3.63) is 28.6 Å². The smallest absolute Gasteiger partial charge is 0.281 e. The van der Waals surface area contributed by atoms with Crippen molar-refractivity contribution >= 4 is 32.2 Å². The van der Waals surface area contributed by atoms with Gasteiger partial charge in [-0.2, -0.15) is 4.98 Å². The van der Waals surface area contributed by atoms with Crippen molar-refractivity contribution in [1.82, 2.24) is 4.98 Å². The Morgan fingerprint density at radius 1 is 1.35 bits per heavy atom. The van der Waals surface area contributed by atoms with Gasteiger partial charge in [0.15, 0.2) is 5.13 Å². The molecule has 0 aliphatic heterocycles. The molecule has 0 atom stereocenters. The quantitative estimate of drug-likeness (QED) is 0.846.